The zero-order valence-electron chi connectivity index (χ0n) is 22.9. The maximum Gasteiger partial charge on any atom is 0.162 e. The summed E-state index contributed by atoms with van der Waals surface area (Å²) in [4.78, 5) is 11.6. The van der Waals surface area contributed by atoms with E-state index in [1.165, 1.54) is 5.39 Å². The fraction of sp³-hybridized carbons (Fsp3) is 0. The summed E-state index contributed by atoms with van der Waals surface area (Å²) in [6.07, 6.45) is 7.48. The minimum absolute atomic E-state index is 0.749. The second kappa shape index (κ2) is 9.29. The molecule has 5 heteroatoms. The summed E-state index contributed by atoms with van der Waals surface area (Å²) in [7, 11) is 0. The molecule has 0 spiro atoms. The molecule has 0 saturated heterocycles. The Morgan fingerprint density at radius 2 is 1.00 bits per heavy atom. The lowest BCUT2D eigenvalue weighted by atomic mass is 9.96. The number of hydrogen-bond donors (Lipinski definition) is 0. The van der Waals surface area contributed by atoms with Gasteiger partial charge < -0.3 is 13.7 Å². The van der Waals surface area contributed by atoms with Crippen LogP contribution in [0.1, 0.15) is 0 Å². The van der Waals surface area contributed by atoms with Crippen LogP contribution in [0.2, 0.25) is 0 Å². The van der Waals surface area contributed by atoms with E-state index in [0.29, 0.717) is 0 Å². The Labute approximate surface area is 246 Å². The summed E-state index contributed by atoms with van der Waals surface area (Å²) in [5.74, 6) is 0. The molecule has 0 amide bonds. The third-order valence-electron chi connectivity index (χ3n) is 8.21. The number of hydrogen-bond acceptors (Lipinski definition) is 5. The van der Waals surface area contributed by atoms with Crippen LogP contribution < -0.4 is 4.90 Å². The SMILES string of the molecule is c1ccc(-c2cc(N(c3cncc4c3oc3ccccc34)c3cncc4c3oc3ccccc34)cc3ccccc23)cc1. The van der Waals surface area contributed by atoms with Crippen molar-refractivity contribution in [3.05, 3.63) is 140 Å². The highest BCUT2D eigenvalue weighted by Gasteiger charge is 2.25. The number of aromatic nitrogens is 2. The van der Waals surface area contributed by atoms with E-state index in [-0.39, 0.29) is 0 Å². The van der Waals surface area contributed by atoms with Gasteiger partial charge in [0, 0.05) is 39.6 Å². The minimum atomic E-state index is 0.749. The van der Waals surface area contributed by atoms with E-state index in [0.717, 1.165) is 77.5 Å². The van der Waals surface area contributed by atoms with Crippen LogP contribution >= 0.6 is 0 Å². The average molecular weight is 554 g/mol. The molecule has 9 aromatic rings. The molecule has 4 heterocycles. The van der Waals surface area contributed by atoms with Crippen LogP contribution in [-0.2, 0) is 0 Å². The van der Waals surface area contributed by atoms with E-state index < -0.39 is 0 Å². The molecular formula is C38H23N3O2. The number of nitrogens with zero attached hydrogens (tertiary/aromatic N) is 3. The predicted molar refractivity (Wildman–Crippen MR) is 174 cm³/mol. The van der Waals surface area contributed by atoms with Crippen LogP contribution in [-0.4, -0.2) is 9.97 Å². The van der Waals surface area contributed by atoms with Gasteiger partial charge in [-0.2, -0.15) is 0 Å². The number of benzene rings is 5. The molecule has 202 valence electrons. The first-order valence-corrected chi connectivity index (χ1v) is 14.2. The molecule has 0 atom stereocenters. The first-order valence-electron chi connectivity index (χ1n) is 14.2. The van der Waals surface area contributed by atoms with Gasteiger partial charge in [0.15, 0.2) is 11.2 Å². The molecule has 5 aromatic carbocycles. The molecule has 0 radical (unpaired) electrons. The molecule has 0 bridgehead atoms. The highest BCUT2D eigenvalue weighted by molar-refractivity contribution is 6.14. The fourth-order valence-corrected chi connectivity index (χ4v) is 6.26. The second-order valence-electron chi connectivity index (χ2n) is 10.7. The van der Waals surface area contributed by atoms with Gasteiger partial charge in [0.05, 0.1) is 12.4 Å². The van der Waals surface area contributed by atoms with Gasteiger partial charge in [-0.05, 0) is 46.2 Å². The van der Waals surface area contributed by atoms with Crippen molar-refractivity contribution in [2.75, 3.05) is 4.90 Å². The van der Waals surface area contributed by atoms with Gasteiger partial charge in [0.2, 0.25) is 0 Å². The summed E-state index contributed by atoms with van der Waals surface area (Å²) in [6, 6.07) is 39.6. The Bertz CT molecular complexity index is 2360. The number of furan rings is 2. The average Bonchev–Trinajstić information content (AvgIpc) is 3.65. The smallest absolute Gasteiger partial charge is 0.162 e. The van der Waals surface area contributed by atoms with Crippen LogP contribution in [0.3, 0.4) is 0 Å². The van der Waals surface area contributed by atoms with Gasteiger partial charge in [-0.25, -0.2) is 0 Å². The largest absolute Gasteiger partial charge is 0.454 e. The molecule has 0 unspecified atom stereocenters. The molecule has 4 aromatic heterocycles. The van der Waals surface area contributed by atoms with Gasteiger partial charge in [-0.3, -0.25) is 9.97 Å². The van der Waals surface area contributed by atoms with E-state index >= 15 is 0 Å². The van der Waals surface area contributed by atoms with Crippen molar-refractivity contribution < 1.29 is 8.83 Å². The van der Waals surface area contributed by atoms with Crippen molar-refractivity contribution in [2.24, 2.45) is 0 Å². The first kappa shape index (κ1) is 23.7. The molecule has 43 heavy (non-hydrogen) atoms. The van der Waals surface area contributed by atoms with Crippen LogP contribution in [0.15, 0.2) is 149 Å². The maximum absolute atomic E-state index is 6.55. The number of pyridine rings is 2. The molecule has 0 aliphatic carbocycles. The van der Waals surface area contributed by atoms with Gasteiger partial charge in [-0.15, -0.1) is 0 Å². The first-order chi connectivity index (χ1) is 21.3. The van der Waals surface area contributed by atoms with Crippen molar-refractivity contribution in [1.29, 1.82) is 0 Å². The second-order valence-corrected chi connectivity index (χ2v) is 10.7. The summed E-state index contributed by atoms with van der Waals surface area (Å²) in [6.45, 7) is 0. The van der Waals surface area contributed by atoms with Crippen molar-refractivity contribution >= 4 is 71.7 Å². The number of anilines is 3. The van der Waals surface area contributed by atoms with E-state index in [1.807, 2.05) is 67.3 Å². The lowest BCUT2D eigenvalue weighted by Gasteiger charge is -2.26. The quantitative estimate of drug-likeness (QED) is 0.217. The number of para-hydroxylation sites is 2. The van der Waals surface area contributed by atoms with Gasteiger partial charge in [0.25, 0.3) is 0 Å². The molecule has 9 rings (SSSR count). The Hall–Kier alpha value is -5.94. The molecule has 0 aliphatic rings. The molecule has 5 nitrogen and oxygen atoms in total. The Balaban J connectivity index is 1.41. The van der Waals surface area contributed by atoms with E-state index in [1.54, 1.807) is 0 Å². The third-order valence-corrected chi connectivity index (χ3v) is 8.21. The zero-order chi connectivity index (χ0) is 28.3. The molecule has 0 aliphatic heterocycles. The van der Waals surface area contributed by atoms with Gasteiger partial charge in [-0.1, -0.05) is 91.0 Å². The molecule has 0 N–H and O–H groups in total. The van der Waals surface area contributed by atoms with Crippen molar-refractivity contribution in [3.63, 3.8) is 0 Å². The lowest BCUT2D eigenvalue weighted by Crippen LogP contribution is -2.11. The summed E-state index contributed by atoms with van der Waals surface area (Å²) >= 11 is 0. The van der Waals surface area contributed by atoms with Crippen molar-refractivity contribution in [1.82, 2.24) is 9.97 Å². The summed E-state index contributed by atoms with van der Waals surface area (Å²) < 4.78 is 13.1. The molecule has 0 fully saturated rings. The third kappa shape index (κ3) is 3.65. The normalized spacial score (nSPS) is 11.7. The van der Waals surface area contributed by atoms with Gasteiger partial charge >= 0.3 is 0 Å². The lowest BCUT2D eigenvalue weighted by molar-refractivity contribution is 0.665. The van der Waals surface area contributed by atoms with E-state index in [2.05, 4.69) is 77.7 Å². The van der Waals surface area contributed by atoms with Crippen LogP contribution in [0, 0.1) is 0 Å². The summed E-state index contributed by atoms with van der Waals surface area (Å²) in [5, 5.41) is 6.25. The molecular weight excluding hydrogens is 530 g/mol. The van der Waals surface area contributed by atoms with Crippen molar-refractivity contribution in [3.8, 4) is 11.1 Å². The standard InChI is InChI=1S/C38H23N3O2/c1-2-10-24(11-3-1)30-19-26(18-25-12-4-5-13-27(25)30)41(33-22-39-20-31-28-14-6-8-16-35(28)42-37(31)33)34-23-40-21-32-29-15-7-9-17-36(29)43-38(32)34/h1-23H. The van der Waals surface area contributed by atoms with Crippen LogP contribution in [0.5, 0.6) is 0 Å². The van der Waals surface area contributed by atoms with Gasteiger partial charge in [0.1, 0.15) is 22.5 Å². The Kier molecular flexibility index (Phi) is 5.13. The number of rotatable bonds is 4. The fourth-order valence-electron chi connectivity index (χ4n) is 6.26. The monoisotopic (exact) mass is 553 g/mol. The molecule has 0 saturated carbocycles. The van der Waals surface area contributed by atoms with E-state index in [9.17, 15) is 0 Å². The highest BCUT2D eigenvalue weighted by atomic mass is 16.3. The summed E-state index contributed by atoms with van der Waals surface area (Å²) in [5.41, 5.74) is 7.95. The van der Waals surface area contributed by atoms with Crippen LogP contribution in [0.4, 0.5) is 17.1 Å². The van der Waals surface area contributed by atoms with Crippen LogP contribution in [0.25, 0.3) is 65.8 Å². The Morgan fingerprint density at radius 1 is 0.465 bits per heavy atom. The minimum Gasteiger partial charge on any atom is -0.454 e. The zero-order valence-corrected chi connectivity index (χ0v) is 22.9. The highest BCUT2D eigenvalue weighted by Crippen LogP contribution is 2.46. The van der Waals surface area contributed by atoms with E-state index in [4.69, 9.17) is 18.8 Å². The maximum atomic E-state index is 6.55. The number of fused-ring (bicyclic) bond motifs is 7. The predicted octanol–water partition coefficient (Wildman–Crippen LogP) is 10.6. The Morgan fingerprint density at radius 3 is 1.63 bits per heavy atom. The van der Waals surface area contributed by atoms with Crippen molar-refractivity contribution in [2.45, 2.75) is 0 Å². The topological polar surface area (TPSA) is 55.3 Å².